The fourth-order valence-electron chi connectivity index (χ4n) is 2.62. The van der Waals surface area contributed by atoms with Crippen molar-refractivity contribution in [3.63, 3.8) is 0 Å². The quantitative estimate of drug-likeness (QED) is 0.892. The summed E-state index contributed by atoms with van der Waals surface area (Å²) < 4.78 is 11.9. The van der Waals surface area contributed by atoms with E-state index in [1.54, 1.807) is 14.2 Å². The number of aromatic nitrogens is 2. The second-order valence-electron chi connectivity index (χ2n) is 4.64. The fourth-order valence-corrected chi connectivity index (χ4v) is 2.62. The third-order valence-electron chi connectivity index (χ3n) is 3.52. The number of nitrogens with two attached hydrogens (primary N) is 1. The third kappa shape index (κ3) is 1.97. The molecule has 0 radical (unpaired) electrons. The molecule has 3 N–H and O–H groups in total. The van der Waals surface area contributed by atoms with Gasteiger partial charge in [0, 0.05) is 17.7 Å². The van der Waals surface area contributed by atoms with Crippen LogP contribution in [-0.4, -0.2) is 36.6 Å². The van der Waals surface area contributed by atoms with Crippen molar-refractivity contribution in [3.8, 4) is 22.8 Å². The van der Waals surface area contributed by atoms with Crippen molar-refractivity contribution >= 4 is 11.8 Å². The molecule has 1 amide bonds. The number of carbonyl (C=O) groups is 1. The summed E-state index contributed by atoms with van der Waals surface area (Å²) >= 11 is 0. The van der Waals surface area contributed by atoms with E-state index in [-0.39, 0.29) is 0 Å². The molecule has 0 bridgehead atoms. The van der Waals surface area contributed by atoms with Crippen molar-refractivity contribution in [1.29, 1.82) is 0 Å². The topological polar surface area (TPSA) is 91.4 Å². The Kier molecular flexibility index (Phi) is 3.17. The summed E-state index contributed by atoms with van der Waals surface area (Å²) in [5.74, 6) is 1.86. The van der Waals surface area contributed by atoms with Gasteiger partial charge in [-0.05, 0) is 18.6 Å². The third-order valence-corrected chi connectivity index (χ3v) is 3.52. The molecule has 7 heteroatoms. The number of fused-ring (bicyclic) bond motifs is 1. The van der Waals surface area contributed by atoms with Crippen LogP contribution in [0.3, 0.4) is 0 Å². The second-order valence-corrected chi connectivity index (χ2v) is 4.64. The molecule has 1 aliphatic rings. The number of anilines is 1. The lowest BCUT2D eigenvalue weighted by molar-refractivity contribution is 0.248. The fraction of sp³-hybridized carbons (Fsp3) is 0.286. The average Bonchev–Trinajstić information content (AvgIpc) is 3.07. The van der Waals surface area contributed by atoms with E-state index in [9.17, 15) is 4.79 Å². The number of carbonyl (C=O) groups excluding carboxylic acids is 1. The van der Waals surface area contributed by atoms with E-state index in [4.69, 9.17) is 15.2 Å². The van der Waals surface area contributed by atoms with E-state index in [1.807, 2.05) is 18.2 Å². The highest BCUT2D eigenvalue weighted by molar-refractivity contribution is 5.85. The molecule has 1 aromatic carbocycles. The monoisotopic (exact) mass is 288 g/mol. The van der Waals surface area contributed by atoms with Crippen molar-refractivity contribution < 1.29 is 14.3 Å². The zero-order valence-electron chi connectivity index (χ0n) is 11.8. The number of methoxy groups -OCH3 is 2. The first-order valence-electron chi connectivity index (χ1n) is 6.54. The minimum atomic E-state index is -0.617. The number of hydrogen-bond donors (Lipinski definition) is 2. The maximum absolute atomic E-state index is 11.5. The van der Waals surface area contributed by atoms with Gasteiger partial charge >= 0.3 is 6.03 Å². The summed E-state index contributed by atoms with van der Waals surface area (Å²) in [5.41, 5.74) is 7.79. The largest absolute Gasteiger partial charge is 0.493 e. The molecule has 1 aromatic heterocycles. The number of amides is 1. The van der Waals surface area contributed by atoms with E-state index < -0.39 is 6.03 Å². The molecule has 0 saturated carbocycles. The lowest BCUT2D eigenvalue weighted by atomic mass is 10.1. The predicted molar refractivity (Wildman–Crippen MR) is 77.9 cm³/mol. The van der Waals surface area contributed by atoms with E-state index in [2.05, 4.69) is 10.4 Å². The van der Waals surface area contributed by atoms with Gasteiger partial charge in [0.25, 0.3) is 0 Å². The number of primary amides is 1. The van der Waals surface area contributed by atoms with Crippen LogP contribution >= 0.6 is 0 Å². The minimum Gasteiger partial charge on any atom is -0.493 e. The molecule has 0 unspecified atom stereocenters. The first-order chi connectivity index (χ1) is 10.2. The summed E-state index contributed by atoms with van der Waals surface area (Å²) in [4.78, 5) is 11.5. The van der Waals surface area contributed by atoms with Gasteiger partial charge in [0.05, 0.1) is 14.2 Å². The number of nitrogens with zero attached hydrogens (tertiary/aromatic N) is 2. The normalized spacial score (nSPS) is 12.7. The van der Waals surface area contributed by atoms with Gasteiger partial charge < -0.3 is 20.5 Å². The van der Waals surface area contributed by atoms with Gasteiger partial charge in [-0.25, -0.2) is 4.79 Å². The van der Waals surface area contributed by atoms with Gasteiger partial charge in [0.2, 0.25) is 0 Å². The summed E-state index contributed by atoms with van der Waals surface area (Å²) in [6.45, 7) is 0.750. The number of hydrogen-bond acceptors (Lipinski definition) is 5. The summed E-state index contributed by atoms with van der Waals surface area (Å²) in [5, 5.41) is 7.46. The van der Waals surface area contributed by atoms with Crippen molar-refractivity contribution in [3.05, 3.63) is 23.8 Å². The van der Waals surface area contributed by atoms with Gasteiger partial charge in [-0.2, -0.15) is 9.78 Å². The van der Waals surface area contributed by atoms with Crippen LogP contribution < -0.4 is 20.5 Å². The Labute approximate surface area is 121 Å². The Morgan fingerprint density at radius 2 is 2.19 bits per heavy atom. The van der Waals surface area contributed by atoms with E-state index >= 15 is 0 Å². The molecule has 0 spiro atoms. The molecule has 0 fully saturated rings. The minimum absolute atomic E-state index is 0.587. The molecule has 2 heterocycles. The second kappa shape index (κ2) is 5.01. The molecule has 0 atom stereocenters. The zero-order valence-corrected chi connectivity index (χ0v) is 11.8. The maximum atomic E-state index is 11.5. The number of ether oxygens (including phenoxy) is 2. The van der Waals surface area contributed by atoms with Crippen LogP contribution in [0, 0.1) is 0 Å². The van der Waals surface area contributed by atoms with Crippen molar-refractivity contribution in [1.82, 2.24) is 9.78 Å². The van der Waals surface area contributed by atoms with Crippen LogP contribution in [0.5, 0.6) is 11.5 Å². The Balaban J connectivity index is 2.22. The first-order valence-corrected chi connectivity index (χ1v) is 6.54. The van der Waals surface area contributed by atoms with Gasteiger partial charge in [0.1, 0.15) is 11.5 Å². The molecule has 0 aliphatic carbocycles. The lowest BCUT2D eigenvalue weighted by Crippen LogP contribution is -2.22. The highest BCUT2D eigenvalue weighted by Gasteiger charge is 2.27. The van der Waals surface area contributed by atoms with Crippen molar-refractivity contribution in [2.45, 2.75) is 6.42 Å². The van der Waals surface area contributed by atoms with Gasteiger partial charge in [-0.15, -0.1) is 0 Å². The van der Waals surface area contributed by atoms with Crippen LogP contribution in [0.25, 0.3) is 11.3 Å². The van der Waals surface area contributed by atoms with Gasteiger partial charge in [-0.3, -0.25) is 0 Å². The van der Waals surface area contributed by atoms with E-state index in [0.29, 0.717) is 23.0 Å². The molecule has 21 heavy (non-hydrogen) atoms. The predicted octanol–water partition coefficient (Wildman–Crippen LogP) is 1.46. The Bertz CT molecular complexity index is 708. The van der Waals surface area contributed by atoms with Crippen LogP contribution in [0.15, 0.2) is 18.2 Å². The zero-order chi connectivity index (χ0) is 15.0. The Morgan fingerprint density at radius 3 is 2.86 bits per heavy atom. The van der Waals surface area contributed by atoms with Crippen LogP contribution in [0.1, 0.15) is 5.56 Å². The van der Waals surface area contributed by atoms with Crippen LogP contribution in [0.4, 0.5) is 10.6 Å². The highest BCUT2D eigenvalue weighted by Crippen LogP contribution is 2.41. The number of nitrogens with one attached hydrogen (secondary N) is 1. The Hall–Kier alpha value is -2.70. The van der Waals surface area contributed by atoms with Crippen molar-refractivity contribution in [2.75, 3.05) is 26.1 Å². The lowest BCUT2D eigenvalue weighted by Gasteiger charge is -2.11. The molecule has 2 aromatic rings. The first kappa shape index (κ1) is 13.3. The summed E-state index contributed by atoms with van der Waals surface area (Å²) in [6.07, 6.45) is 0.776. The smallest absolute Gasteiger partial charge is 0.341 e. The molecule has 7 nitrogen and oxygen atoms in total. The van der Waals surface area contributed by atoms with Gasteiger partial charge in [-0.1, -0.05) is 6.07 Å². The molecule has 0 saturated heterocycles. The van der Waals surface area contributed by atoms with Gasteiger partial charge in [0.15, 0.2) is 11.5 Å². The summed E-state index contributed by atoms with van der Waals surface area (Å²) in [6, 6.07) is 4.93. The highest BCUT2D eigenvalue weighted by atomic mass is 16.5. The molecule has 1 aliphatic heterocycles. The number of rotatable bonds is 3. The van der Waals surface area contributed by atoms with Crippen LogP contribution in [-0.2, 0) is 6.42 Å². The number of benzene rings is 1. The van der Waals surface area contributed by atoms with Crippen LogP contribution in [0.2, 0.25) is 0 Å². The number of para-hydroxylation sites is 1. The average molecular weight is 288 g/mol. The van der Waals surface area contributed by atoms with E-state index in [0.717, 1.165) is 24.1 Å². The molecule has 3 rings (SSSR count). The molecule has 110 valence electrons. The van der Waals surface area contributed by atoms with E-state index in [1.165, 1.54) is 4.68 Å². The SMILES string of the molecule is COc1cccc(-c2nn(C(N)=O)c3c2CCN3)c1OC. The maximum Gasteiger partial charge on any atom is 0.341 e. The Morgan fingerprint density at radius 1 is 1.38 bits per heavy atom. The standard InChI is InChI=1S/C14H16N4O3/c1-20-10-5-3-4-8(12(10)21-2)11-9-6-7-16-13(9)18(17-11)14(15)19/h3-5,16H,6-7H2,1-2H3,(H2,15,19). The van der Waals surface area contributed by atoms with Crippen molar-refractivity contribution in [2.24, 2.45) is 5.73 Å². The summed E-state index contributed by atoms with van der Waals surface area (Å²) in [7, 11) is 3.15. The molecular weight excluding hydrogens is 272 g/mol. The molecular formula is C14H16N4O3.